The quantitative estimate of drug-likeness (QED) is 0.382. The van der Waals surface area contributed by atoms with E-state index in [1.165, 1.54) is 20.0 Å². The maximum atomic E-state index is 12.0. The highest BCUT2D eigenvalue weighted by molar-refractivity contribution is 7.89. The van der Waals surface area contributed by atoms with Crippen LogP contribution in [-0.4, -0.2) is 45.3 Å². The van der Waals surface area contributed by atoms with Crippen LogP contribution in [-0.2, 0) is 24.3 Å². The molecule has 126 valence electrons. The minimum Gasteiger partial charge on any atom is -0.457 e. The smallest absolute Gasteiger partial charge is 0.321 e. The number of nitrogens with zero attached hydrogens (tertiary/aromatic N) is 1. The molecule has 2 N–H and O–H groups in total. The summed E-state index contributed by atoms with van der Waals surface area (Å²) in [7, 11) is -2.68. The second kappa shape index (κ2) is 7.65. The number of Topliss-reactive ketones (excluding diaryl/α,β-unsaturated/α-hetero) is 1. The molecule has 1 rings (SSSR count). The maximum absolute atomic E-state index is 12.0. The molecule has 0 amide bonds. The summed E-state index contributed by atoms with van der Waals surface area (Å²) in [6, 6.07) is 3.26. The highest BCUT2D eigenvalue weighted by atomic mass is 32.2. The zero-order chi connectivity index (χ0) is 17.6. The van der Waals surface area contributed by atoms with Crippen molar-refractivity contribution in [3.63, 3.8) is 0 Å². The summed E-state index contributed by atoms with van der Waals surface area (Å²) in [6.45, 7) is 0.0555. The molecule has 11 heteroatoms. The van der Waals surface area contributed by atoms with Gasteiger partial charge >= 0.3 is 5.97 Å². The summed E-state index contributed by atoms with van der Waals surface area (Å²) in [6.07, 6.45) is 0. The van der Waals surface area contributed by atoms with E-state index in [1.807, 2.05) is 4.72 Å². The molecule has 0 saturated carbocycles. The van der Waals surface area contributed by atoms with Gasteiger partial charge in [0, 0.05) is 13.1 Å². The van der Waals surface area contributed by atoms with Crippen molar-refractivity contribution in [3.05, 3.63) is 28.3 Å². The third-order valence-electron chi connectivity index (χ3n) is 2.59. The zero-order valence-electron chi connectivity index (χ0n) is 12.4. The van der Waals surface area contributed by atoms with Crippen LogP contribution in [0.3, 0.4) is 0 Å². The van der Waals surface area contributed by atoms with Crippen molar-refractivity contribution in [3.8, 4) is 0 Å². The number of hydrogen-bond donors (Lipinski definition) is 2. The lowest BCUT2D eigenvalue weighted by molar-refractivity contribution is -0.384. The molecule has 0 fully saturated rings. The first kappa shape index (κ1) is 18.5. The number of nitro benzene ring substituents is 1. The molecule has 0 bridgehead atoms. The van der Waals surface area contributed by atoms with E-state index in [1.54, 1.807) is 0 Å². The summed E-state index contributed by atoms with van der Waals surface area (Å²) in [4.78, 5) is 31.7. The van der Waals surface area contributed by atoms with Gasteiger partial charge in [-0.2, -0.15) is 4.72 Å². The van der Waals surface area contributed by atoms with Crippen molar-refractivity contribution in [2.75, 3.05) is 25.5 Å². The van der Waals surface area contributed by atoms with Gasteiger partial charge in [-0.15, -0.1) is 0 Å². The van der Waals surface area contributed by atoms with Gasteiger partial charge in [0.15, 0.2) is 5.78 Å². The Morgan fingerprint density at radius 1 is 1.35 bits per heavy atom. The number of benzene rings is 1. The van der Waals surface area contributed by atoms with Crippen molar-refractivity contribution in [1.82, 2.24) is 4.72 Å². The molecule has 0 aliphatic rings. The van der Waals surface area contributed by atoms with Gasteiger partial charge in [0.1, 0.15) is 18.8 Å². The predicted octanol–water partition coefficient (Wildman–Crippen LogP) is 0.0470. The molecule has 0 atom stereocenters. The Bertz CT molecular complexity index is 730. The van der Waals surface area contributed by atoms with Crippen molar-refractivity contribution < 1.29 is 27.7 Å². The van der Waals surface area contributed by atoms with Gasteiger partial charge < -0.3 is 10.1 Å². The van der Waals surface area contributed by atoms with Crippen LogP contribution in [0.2, 0.25) is 0 Å². The van der Waals surface area contributed by atoms with Gasteiger partial charge in [-0.25, -0.2) is 8.42 Å². The van der Waals surface area contributed by atoms with Gasteiger partial charge in [-0.1, -0.05) is 0 Å². The van der Waals surface area contributed by atoms with Crippen molar-refractivity contribution in [2.45, 2.75) is 11.8 Å². The van der Waals surface area contributed by atoms with Crippen molar-refractivity contribution in [1.29, 1.82) is 0 Å². The van der Waals surface area contributed by atoms with Crippen LogP contribution in [0.25, 0.3) is 0 Å². The topological polar surface area (TPSA) is 145 Å². The molecule has 0 radical (unpaired) electrons. The fourth-order valence-electron chi connectivity index (χ4n) is 1.51. The molecule has 0 aliphatic carbocycles. The van der Waals surface area contributed by atoms with E-state index in [4.69, 9.17) is 0 Å². The summed E-state index contributed by atoms with van der Waals surface area (Å²) < 4.78 is 30.5. The Morgan fingerprint density at radius 2 is 2.00 bits per heavy atom. The van der Waals surface area contributed by atoms with Gasteiger partial charge in [0.2, 0.25) is 10.0 Å². The van der Waals surface area contributed by atoms with Crippen LogP contribution >= 0.6 is 0 Å². The molecule has 1 aromatic carbocycles. The maximum Gasteiger partial charge on any atom is 0.321 e. The molecular weight excluding hydrogens is 330 g/mol. The number of ether oxygens (including phenoxy) is 1. The van der Waals surface area contributed by atoms with E-state index < -0.39 is 39.8 Å². The summed E-state index contributed by atoms with van der Waals surface area (Å²) in [5.41, 5.74) is -0.274. The standard InChI is InChI=1S/C12H15N3O7S/c1-8(16)7-22-12(17)6-14-23(20,21)9-3-4-10(13-2)11(5-9)15(18)19/h3-5,13-14H,6-7H2,1-2H3. The van der Waals surface area contributed by atoms with Crippen LogP contribution in [0.5, 0.6) is 0 Å². The molecule has 10 nitrogen and oxygen atoms in total. The van der Waals surface area contributed by atoms with E-state index in [2.05, 4.69) is 10.1 Å². The second-order valence-electron chi connectivity index (χ2n) is 4.37. The van der Waals surface area contributed by atoms with Gasteiger partial charge in [0.05, 0.1) is 9.82 Å². The normalized spacial score (nSPS) is 10.9. The van der Waals surface area contributed by atoms with Crippen molar-refractivity contribution >= 4 is 33.2 Å². The highest BCUT2D eigenvalue weighted by Crippen LogP contribution is 2.26. The first-order valence-corrected chi connectivity index (χ1v) is 7.76. The zero-order valence-corrected chi connectivity index (χ0v) is 13.2. The van der Waals surface area contributed by atoms with E-state index in [-0.39, 0.29) is 16.4 Å². The van der Waals surface area contributed by atoms with Crippen LogP contribution in [0.1, 0.15) is 6.92 Å². The molecule has 23 heavy (non-hydrogen) atoms. The Labute approximate surface area is 132 Å². The fourth-order valence-corrected chi connectivity index (χ4v) is 2.50. The molecule has 0 heterocycles. The lowest BCUT2D eigenvalue weighted by atomic mass is 10.3. The molecule has 0 aliphatic heterocycles. The second-order valence-corrected chi connectivity index (χ2v) is 6.14. The Kier molecular flexibility index (Phi) is 6.16. The first-order chi connectivity index (χ1) is 10.7. The number of ketones is 1. The van der Waals surface area contributed by atoms with Gasteiger partial charge in [-0.05, 0) is 19.1 Å². The predicted molar refractivity (Wildman–Crippen MR) is 79.5 cm³/mol. The van der Waals surface area contributed by atoms with Crippen molar-refractivity contribution in [2.24, 2.45) is 0 Å². The number of nitrogens with one attached hydrogen (secondary N) is 2. The summed E-state index contributed by atoms with van der Waals surface area (Å²) >= 11 is 0. The van der Waals surface area contributed by atoms with Gasteiger partial charge in [0.25, 0.3) is 5.69 Å². The first-order valence-electron chi connectivity index (χ1n) is 6.28. The number of carbonyl (C=O) groups excluding carboxylic acids is 2. The minimum atomic E-state index is -4.14. The SMILES string of the molecule is CNc1ccc(S(=O)(=O)NCC(=O)OCC(C)=O)cc1[N+](=O)[O-]. The molecular formula is C12H15N3O7S. The Morgan fingerprint density at radius 3 is 2.52 bits per heavy atom. The molecule has 0 saturated heterocycles. The largest absolute Gasteiger partial charge is 0.457 e. The van der Waals surface area contributed by atoms with E-state index in [0.717, 1.165) is 12.1 Å². The molecule has 1 aromatic rings. The lowest BCUT2D eigenvalue weighted by Crippen LogP contribution is -2.31. The Hall–Kier alpha value is -2.53. The van der Waals surface area contributed by atoms with Crippen LogP contribution in [0.4, 0.5) is 11.4 Å². The fraction of sp³-hybridized carbons (Fsp3) is 0.333. The number of nitro groups is 1. The number of rotatable bonds is 8. The number of hydrogen-bond acceptors (Lipinski definition) is 8. The summed E-state index contributed by atoms with van der Waals surface area (Å²) in [5, 5.41) is 13.5. The molecule has 0 spiro atoms. The number of esters is 1. The van der Waals surface area contributed by atoms with Crippen LogP contribution in [0.15, 0.2) is 23.1 Å². The molecule has 0 unspecified atom stereocenters. The summed E-state index contributed by atoms with van der Waals surface area (Å²) in [5.74, 6) is -1.33. The third kappa shape index (κ3) is 5.30. The average Bonchev–Trinajstić information content (AvgIpc) is 2.50. The van der Waals surface area contributed by atoms with E-state index >= 15 is 0 Å². The number of carbonyl (C=O) groups is 2. The third-order valence-corrected chi connectivity index (χ3v) is 3.99. The molecule has 0 aromatic heterocycles. The van der Waals surface area contributed by atoms with Gasteiger partial charge in [-0.3, -0.25) is 19.7 Å². The number of anilines is 1. The van der Waals surface area contributed by atoms with E-state index in [9.17, 15) is 28.1 Å². The average molecular weight is 345 g/mol. The number of sulfonamides is 1. The van der Waals surface area contributed by atoms with E-state index in [0.29, 0.717) is 0 Å². The minimum absolute atomic E-state index is 0.148. The highest BCUT2D eigenvalue weighted by Gasteiger charge is 2.21. The Balaban J connectivity index is 2.88. The lowest BCUT2D eigenvalue weighted by Gasteiger charge is -2.08. The monoisotopic (exact) mass is 345 g/mol. The van der Waals surface area contributed by atoms with Crippen LogP contribution < -0.4 is 10.0 Å². The van der Waals surface area contributed by atoms with Crippen LogP contribution in [0, 0.1) is 10.1 Å².